The van der Waals surface area contributed by atoms with Crippen molar-refractivity contribution in [3.63, 3.8) is 0 Å². The molecule has 0 spiro atoms. The molecule has 0 aliphatic carbocycles. The van der Waals surface area contributed by atoms with Crippen LogP contribution in [-0.4, -0.2) is 0 Å². The molecule has 0 nitrogen and oxygen atoms in total. The van der Waals surface area contributed by atoms with Gasteiger partial charge >= 0.3 is 0 Å². The number of hydrogen-bond acceptors (Lipinski definition) is 0. The highest BCUT2D eigenvalue weighted by Crippen LogP contribution is 2.42. The molecule has 0 fully saturated rings. The maximum absolute atomic E-state index is 2.37. The fraction of sp³-hybridized carbons (Fsp3) is 0.273. The Morgan fingerprint density at radius 3 is 1.36 bits per heavy atom. The van der Waals surface area contributed by atoms with E-state index in [1.54, 1.807) is 0 Å². The average molecular weight is 286 g/mol. The third-order valence-electron chi connectivity index (χ3n) is 5.50. The van der Waals surface area contributed by atoms with Crippen molar-refractivity contribution < 1.29 is 0 Å². The monoisotopic (exact) mass is 286 g/mol. The van der Waals surface area contributed by atoms with Crippen LogP contribution in [-0.2, 0) is 0 Å². The van der Waals surface area contributed by atoms with E-state index in [1.165, 1.54) is 65.7 Å². The minimum absolute atomic E-state index is 1.34. The van der Waals surface area contributed by atoms with Gasteiger partial charge in [0.2, 0.25) is 0 Å². The Balaban J connectivity index is 2.50. The maximum atomic E-state index is 2.37. The van der Waals surface area contributed by atoms with Crippen LogP contribution in [0.2, 0.25) is 0 Å². The first kappa shape index (κ1) is 13.6. The first-order valence-corrected chi connectivity index (χ1v) is 8.06. The number of benzene rings is 4. The largest absolute Gasteiger partial charge is 0.0514 e. The zero-order valence-corrected chi connectivity index (χ0v) is 14.3. The van der Waals surface area contributed by atoms with Gasteiger partial charge in [-0.15, -0.1) is 0 Å². The zero-order valence-electron chi connectivity index (χ0n) is 14.3. The smallest absolute Gasteiger partial charge is 0.00159 e. The van der Waals surface area contributed by atoms with Gasteiger partial charge in [0.1, 0.15) is 0 Å². The van der Waals surface area contributed by atoms with Crippen LogP contribution in [0.3, 0.4) is 0 Å². The van der Waals surface area contributed by atoms with Gasteiger partial charge in [0.05, 0.1) is 0 Å². The normalized spacial score (nSPS) is 12.1. The van der Waals surface area contributed by atoms with E-state index in [-0.39, 0.29) is 0 Å². The van der Waals surface area contributed by atoms with Crippen LogP contribution in [0.1, 0.15) is 33.4 Å². The van der Waals surface area contributed by atoms with Crippen LogP contribution in [0.15, 0.2) is 24.3 Å². The second kappa shape index (κ2) is 4.23. The summed E-state index contributed by atoms with van der Waals surface area (Å²) < 4.78 is 0. The van der Waals surface area contributed by atoms with Crippen molar-refractivity contribution in [1.82, 2.24) is 0 Å². The van der Waals surface area contributed by atoms with E-state index in [0.29, 0.717) is 0 Å². The average Bonchev–Trinajstić information content (AvgIpc) is 2.43. The van der Waals surface area contributed by atoms with E-state index in [0.717, 1.165) is 0 Å². The van der Waals surface area contributed by atoms with Crippen LogP contribution in [0.5, 0.6) is 0 Å². The van der Waals surface area contributed by atoms with Gasteiger partial charge in [-0.25, -0.2) is 0 Å². The molecule has 110 valence electrons. The topological polar surface area (TPSA) is 0 Å². The van der Waals surface area contributed by atoms with Gasteiger partial charge in [-0.05, 0) is 107 Å². The SMILES string of the molecule is Cc1cc2cc(C)c3c(C)c(C)c(C)c4c(C)cc(c1)c2c34. The van der Waals surface area contributed by atoms with E-state index in [2.05, 4.69) is 65.8 Å². The molecular weight excluding hydrogens is 264 g/mol. The van der Waals surface area contributed by atoms with Gasteiger partial charge in [0.25, 0.3) is 0 Å². The van der Waals surface area contributed by atoms with E-state index < -0.39 is 0 Å². The van der Waals surface area contributed by atoms with Gasteiger partial charge in [0, 0.05) is 0 Å². The summed E-state index contributed by atoms with van der Waals surface area (Å²) in [5, 5.41) is 8.61. The Morgan fingerprint density at radius 2 is 0.909 bits per heavy atom. The summed E-state index contributed by atoms with van der Waals surface area (Å²) in [4.78, 5) is 0. The molecule has 0 bridgehead atoms. The molecule has 0 aromatic heterocycles. The van der Waals surface area contributed by atoms with Crippen molar-refractivity contribution in [2.45, 2.75) is 41.5 Å². The van der Waals surface area contributed by atoms with Gasteiger partial charge in [0.15, 0.2) is 0 Å². The molecule has 4 aromatic carbocycles. The summed E-state index contributed by atoms with van der Waals surface area (Å²) in [7, 11) is 0. The Labute approximate surface area is 132 Å². The fourth-order valence-corrected chi connectivity index (χ4v) is 4.36. The van der Waals surface area contributed by atoms with Crippen molar-refractivity contribution in [3.05, 3.63) is 57.6 Å². The van der Waals surface area contributed by atoms with E-state index in [4.69, 9.17) is 0 Å². The lowest BCUT2D eigenvalue weighted by molar-refractivity contribution is 1.30. The molecule has 0 radical (unpaired) electrons. The second-order valence-electron chi connectivity index (χ2n) is 6.97. The van der Waals surface area contributed by atoms with Crippen molar-refractivity contribution in [3.8, 4) is 0 Å². The predicted molar refractivity (Wildman–Crippen MR) is 98.6 cm³/mol. The molecule has 4 rings (SSSR count). The van der Waals surface area contributed by atoms with Gasteiger partial charge in [-0.1, -0.05) is 24.3 Å². The lowest BCUT2D eigenvalue weighted by Crippen LogP contribution is -1.98. The van der Waals surface area contributed by atoms with Crippen LogP contribution in [0.25, 0.3) is 32.3 Å². The van der Waals surface area contributed by atoms with Crippen molar-refractivity contribution >= 4 is 32.3 Å². The highest BCUT2D eigenvalue weighted by molar-refractivity contribution is 6.26. The maximum Gasteiger partial charge on any atom is -0.00159 e. The Hall–Kier alpha value is -2.08. The highest BCUT2D eigenvalue weighted by atomic mass is 14.2. The first-order valence-electron chi connectivity index (χ1n) is 8.06. The summed E-state index contributed by atoms with van der Waals surface area (Å²) >= 11 is 0. The predicted octanol–water partition coefficient (Wildman–Crippen LogP) is 6.43. The highest BCUT2D eigenvalue weighted by Gasteiger charge is 2.17. The van der Waals surface area contributed by atoms with Crippen LogP contribution < -0.4 is 0 Å². The Morgan fingerprint density at radius 1 is 0.455 bits per heavy atom. The fourth-order valence-electron chi connectivity index (χ4n) is 4.36. The molecule has 0 unspecified atom stereocenters. The van der Waals surface area contributed by atoms with Crippen molar-refractivity contribution in [2.75, 3.05) is 0 Å². The Bertz CT molecular complexity index is 986. The molecule has 0 aliphatic rings. The molecular formula is C22H22. The van der Waals surface area contributed by atoms with Gasteiger partial charge < -0.3 is 0 Å². The molecule has 0 heteroatoms. The number of hydrogen-bond donors (Lipinski definition) is 0. The van der Waals surface area contributed by atoms with Gasteiger partial charge in [-0.3, -0.25) is 0 Å². The summed E-state index contributed by atoms with van der Waals surface area (Å²) in [6.45, 7) is 13.5. The van der Waals surface area contributed by atoms with E-state index in [9.17, 15) is 0 Å². The quantitative estimate of drug-likeness (QED) is 0.326. The van der Waals surface area contributed by atoms with Gasteiger partial charge in [-0.2, -0.15) is 0 Å². The minimum atomic E-state index is 1.34. The number of aryl methyl sites for hydroxylation is 5. The minimum Gasteiger partial charge on any atom is -0.0514 e. The molecule has 0 aliphatic heterocycles. The van der Waals surface area contributed by atoms with Crippen LogP contribution in [0, 0.1) is 41.5 Å². The zero-order chi connectivity index (χ0) is 15.8. The molecule has 0 amide bonds. The van der Waals surface area contributed by atoms with Crippen LogP contribution >= 0.6 is 0 Å². The summed E-state index contributed by atoms with van der Waals surface area (Å²) in [6, 6.07) is 9.39. The standard InChI is InChI=1S/C22H22/c1-11-7-17-9-12(2)19-15(5)14(4)16(6)20-13(3)10-18(8-11)21(17)22(19)20/h7-10H,1-6H3. The molecule has 0 atom stereocenters. The van der Waals surface area contributed by atoms with Crippen molar-refractivity contribution in [1.29, 1.82) is 0 Å². The first-order chi connectivity index (χ1) is 10.4. The van der Waals surface area contributed by atoms with Crippen molar-refractivity contribution in [2.24, 2.45) is 0 Å². The molecule has 0 heterocycles. The number of rotatable bonds is 0. The molecule has 0 saturated heterocycles. The second-order valence-corrected chi connectivity index (χ2v) is 6.97. The Kier molecular flexibility index (Phi) is 2.61. The lowest BCUT2D eigenvalue weighted by Gasteiger charge is -2.21. The molecule has 0 saturated carbocycles. The molecule has 0 N–H and O–H groups in total. The molecule has 4 aromatic rings. The third kappa shape index (κ3) is 1.53. The molecule has 22 heavy (non-hydrogen) atoms. The third-order valence-corrected chi connectivity index (χ3v) is 5.50. The summed E-state index contributed by atoms with van der Waals surface area (Å²) in [5.74, 6) is 0. The summed E-state index contributed by atoms with van der Waals surface area (Å²) in [6.07, 6.45) is 0. The van der Waals surface area contributed by atoms with E-state index >= 15 is 0 Å². The van der Waals surface area contributed by atoms with Crippen LogP contribution in [0.4, 0.5) is 0 Å². The van der Waals surface area contributed by atoms with E-state index in [1.807, 2.05) is 0 Å². The lowest BCUT2D eigenvalue weighted by atomic mass is 9.83. The summed E-state index contributed by atoms with van der Waals surface area (Å²) in [5.41, 5.74) is 8.46.